The maximum absolute atomic E-state index is 12.6. The number of carboxylic acid groups (broad SMARTS) is 1. The van der Waals surface area contributed by atoms with E-state index in [4.69, 9.17) is 9.84 Å². The van der Waals surface area contributed by atoms with Crippen molar-refractivity contribution in [1.82, 2.24) is 4.90 Å². The third-order valence-electron chi connectivity index (χ3n) is 3.64. The lowest BCUT2D eigenvalue weighted by Crippen LogP contribution is -2.58. The van der Waals surface area contributed by atoms with Gasteiger partial charge >= 0.3 is 18.1 Å². The Labute approximate surface area is 107 Å². The van der Waals surface area contributed by atoms with Crippen LogP contribution in [-0.2, 0) is 14.3 Å². The molecule has 0 aromatic carbocycles. The van der Waals surface area contributed by atoms with Gasteiger partial charge in [0.25, 0.3) is 0 Å². The number of rotatable bonds is 1. The number of carbonyl (C=O) groups is 2. The SMILES string of the molecule is O=C(O)C1COC2(CCCCC2)N1C(=O)C(F)(F)F. The molecule has 1 atom stereocenters. The average molecular weight is 281 g/mol. The van der Waals surface area contributed by atoms with Crippen LogP contribution in [0, 0.1) is 0 Å². The third kappa shape index (κ3) is 2.41. The number of aliphatic carboxylic acids is 1. The number of nitrogens with zero attached hydrogens (tertiary/aromatic N) is 1. The smallest absolute Gasteiger partial charge is 0.471 e. The van der Waals surface area contributed by atoms with E-state index in [1.807, 2.05) is 0 Å². The number of alkyl halides is 3. The van der Waals surface area contributed by atoms with E-state index in [1.165, 1.54) is 0 Å². The summed E-state index contributed by atoms with van der Waals surface area (Å²) in [5, 5.41) is 8.97. The predicted octanol–water partition coefficient (Wildman–Crippen LogP) is 1.52. The monoisotopic (exact) mass is 281 g/mol. The molecule has 108 valence electrons. The summed E-state index contributed by atoms with van der Waals surface area (Å²) >= 11 is 0. The molecule has 1 N–H and O–H groups in total. The number of carbonyl (C=O) groups excluding carboxylic acids is 1. The van der Waals surface area contributed by atoms with Crippen LogP contribution in [-0.4, -0.2) is 46.4 Å². The van der Waals surface area contributed by atoms with Gasteiger partial charge in [-0.05, 0) is 25.7 Å². The summed E-state index contributed by atoms with van der Waals surface area (Å²) < 4.78 is 43.2. The zero-order chi connectivity index (χ0) is 14.3. The van der Waals surface area contributed by atoms with Crippen LogP contribution in [0.5, 0.6) is 0 Å². The second-order valence-corrected chi connectivity index (χ2v) is 4.84. The molecule has 0 bridgehead atoms. The molecule has 1 aliphatic heterocycles. The molecule has 2 aliphatic rings. The Balaban J connectivity index is 2.34. The van der Waals surface area contributed by atoms with Crippen molar-refractivity contribution < 1.29 is 32.6 Å². The number of carboxylic acids is 1. The van der Waals surface area contributed by atoms with Gasteiger partial charge < -0.3 is 9.84 Å². The van der Waals surface area contributed by atoms with Crippen molar-refractivity contribution in [2.24, 2.45) is 0 Å². The van der Waals surface area contributed by atoms with E-state index in [1.54, 1.807) is 0 Å². The molecule has 0 radical (unpaired) electrons. The number of halogens is 3. The Bertz CT molecular complexity index is 390. The standard InChI is InChI=1S/C11H14F3NO4/c12-11(13,14)9(18)15-7(8(16)17)6-19-10(15)4-2-1-3-5-10/h7H,1-6H2,(H,16,17). The average Bonchev–Trinajstić information content (AvgIpc) is 2.67. The number of hydrogen-bond donors (Lipinski definition) is 1. The van der Waals surface area contributed by atoms with Gasteiger partial charge in [-0.1, -0.05) is 6.42 Å². The van der Waals surface area contributed by atoms with Crippen LogP contribution in [0.15, 0.2) is 0 Å². The highest BCUT2D eigenvalue weighted by Gasteiger charge is 2.58. The summed E-state index contributed by atoms with van der Waals surface area (Å²) in [4.78, 5) is 22.9. The third-order valence-corrected chi connectivity index (χ3v) is 3.64. The van der Waals surface area contributed by atoms with Gasteiger partial charge in [-0.3, -0.25) is 9.69 Å². The van der Waals surface area contributed by atoms with E-state index >= 15 is 0 Å². The zero-order valence-corrected chi connectivity index (χ0v) is 10.1. The van der Waals surface area contributed by atoms with Gasteiger partial charge in [-0.15, -0.1) is 0 Å². The second kappa shape index (κ2) is 4.66. The van der Waals surface area contributed by atoms with Crippen molar-refractivity contribution in [3.8, 4) is 0 Å². The van der Waals surface area contributed by atoms with E-state index in [2.05, 4.69) is 0 Å². The summed E-state index contributed by atoms with van der Waals surface area (Å²) in [5.74, 6) is -3.60. The molecule has 1 aliphatic carbocycles. The van der Waals surface area contributed by atoms with Crippen LogP contribution in [0.3, 0.4) is 0 Å². The Morgan fingerprint density at radius 1 is 1.21 bits per heavy atom. The van der Waals surface area contributed by atoms with Crippen LogP contribution in [0.1, 0.15) is 32.1 Å². The van der Waals surface area contributed by atoms with Gasteiger partial charge in [0.05, 0.1) is 6.61 Å². The molecule has 1 unspecified atom stereocenters. The van der Waals surface area contributed by atoms with Gasteiger partial charge in [-0.25, -0.2) is 4.79 Å². The molecule has 2 rings (SSSR count). The molecule has 1 heterocycles. The first-order valence-electron chi connectivity index (χ1n) is 6.05. The summed E-state index contributed by atoms with van der Waals surface area (Å²) in [5.41, 5.74) is -1.39. The maximum atomic E-state index is 12.6. The van der Waals surface area contributed by atoms with E-state index in [0.29, 0.717) is 17.7 Å². The van der Waals surface area contributed by atoms with Crippen LogP contribution >= 0.6 is 0 Å². The fourth-order valence-corrected chi connectivity index (χ4v) is 2.80. The first-order chi connectivity index (χ1) is 8.78. The Kier molecular flexibility index (Phi) is 3.46. The molecule has 8 heteroatoms. The lowest BCUT2D eigenvalue weighted by molar-refractivity contribution is -0.206. The van der Waals surface area contributed by atoms with E-state index in [0.717, 1.165) is 6.42 Å². The minimum absolute atomic E-state index is 0.249. The van der Waals surface area contributed by atoms with Crippen LogP contribution < -0.4 is 0 Å². The normalized spacial score (nSPS) is 26.7. The Hall–Kier alpha value is -1.31. The lowest BCUT2D eigenvalue weighted by atomic mass is 9.90. The Morgan fingerprint density at radius 3 is 2.26 bits per heavy atom. The fourth-order valence-electron chi connectivity index (χ4n) is 2.80. The van der Waals surface area contributed by atoms with Crippen molar-refractivity contribution in [1.29, 1.82) is 0 Å². The van der Waals surface area contributed by atoms with Crippen molar-refractivity contribution >= 4 is 11.9 Å². The molecule has 1 saturated carbocycles. The van der Waals surface area contributed by atoms with Gasteiger partial charge in [-0.2, -0.15) is 13.2 Å². The minimum Gasteiger partial charge on any atom is -0.480 e. The van der Waals surface area contributed by atoms with Crippen molar-refractivity contribution in [2.45, 2.75) is 50.0 Å². The predicted molar refractivity (Wildman–Crippen MR) is 56.1 cm³/mol. The van der Waals surface area contributed by atoms with Crippen molar-refractivity contribution in [3.05, 3.63) is 0 Å². The highest BCUT2D eigenvalue weighted by Crippen LogP contribution is 2.42. The summed E-state index contributed by atoms with van der Waals surface area (Å²) in [7, 11) is 0. The molecule has 2 fully saturated rings. The van der Waals surface area contributed by atoms with Gasteiger partial charge in [0.1, 0.15) is 5.72 Å². The molecule has 19 heavy (non-hydrogen) atoms. The molecule has 1 amide bonds. The first kappa shape index (κ1) is 14.1. The Morgan fingerprint density at radius 2 is 1.79 bits per heavy atom. The van der Waals surface area contributed by atoms with Crippen molar-refractivity contribution in [2.75, 3.05) is 6.61 Å². The topological polar surface area (TPSA) is 66.8 Å². The molecule has 1 spiro atoms. The highest BCUT2D eigenvalue weighted by molar-refractivity contribution is 5.88. The van der Waals surface area contributed by atoms with Crippen molar-refractivity contribution in [3.63, 3.8) is 0 Å². The molecule has 0 aromatic rings. The number of hydrogen-bond acceptors (Lipinski definition) is 3. The van der Waals surface area contributed by atoms with E-state index in [-0.39, 0.29) is 12.8 Å². The van der Waals surface area contributed by atoms with Crippen LogP contribution in [0.4, 0.5) is 13.2 Å². The molecular weight excluding hydrogens is 267 g/mol. The van der Waals surface area contributed by atoms with Gasteiger partial charge in [0.2, 0.25) is 0 Å². The van der Waals surface area contributed by atoms with E-state index < -0.39 is 36.4 Å². The van der Waals surface area contributed by atoms with E-state index in [9.17, 15) is 22.8 Å². The largest absolute Gasteiger partial charge is 0.480 e. The molecule has 1 saturated heterocycles. The highest BCUT2D eigenvalue weighted by atomic mass is 19.4. The first-order valence-corrected chi connectivity index (χ1v) is 6.05. The minimum atomic E-state index is -5.09. The molecule has 0 aromatic heterocycles. The van der Waals surface area contributed by atoms with Crippen LogP contribution in [0.2, 0.25) is 0 Å². The summed E-state index contributed by atoms with van der Waals surface area (Å²) in [6.45, 7) is -0.392. The quantitative estimate of drug-likeness (QED) is 0.791. The zero-order valence-electron chi connectivity index (χ0n) is 10.1. The second-order valence-electron chi connectivity index (χ2n) is 4.84. The van der Waals surface area contributed by atoms with Gasteiger partial charge in [0, 0.05) is 0 Å². The number of ether oxygens (including phenoxy) is 1. The lowest BCUT2D eigenvalue weighted by Gasteiger charge is -2.41. The fraction of sp³-hybridized carbons (Fsp3) is 0.818. The van der Waals surface area contributed by atoms with Gasteiger partial charge in [0.15, 0.2) is 6.04 Å². The molecular formula is C11H14F3NO4. The number of amides is 1. The maximum Gasteiger partial charge on any atom is 0.471 e. The molecule has 5 nitrogen and oxygen atoms in total. The summed E-state index contributed by atoms with van der Waals surface area (Å²) in [6.07, 6.45) is -2.51. The van der Waals surface area contributed by atoms with Crippen LogP contribution in [0.25, 0.3) is 0 Å². The summed E-state index contributed by atoms with van der Waals surface area (Å²) in [6, 6.07) is -1.56.